The molecule has 0 fully saturated rings. The number of carbonyl (C=O) groups is 1. The third-order valence-electron chi connectivity index (χ3n) is 4.23. The van der Waals surface area contributed by atoms with Gasteiger partial charge in [0.15, 0.2) is 17.5 Å². The summed E-state index contributed by atoms with van der Waals surface area (Å²) < 4.78 is 49.3. The number of benzene rings is 2. The molecule has 1 amide bonds. The van der Waals surface area contributed by atoms with E-state index in [1.54, 1.807) is 38.4 Å². The van der Waals surface area contributed by atoms with E-state index >= 15 is 0 Å². The molecule has 0 aromatic heterocycles. The maximum absolute atomic E-state index is 12.9. The van der Waals surface area contributed by atoms with Crippen molar-refractivity contribution in [1.29, 1.82) is 0 Å². The van der Waals surface area contributed by atoms with Crippen LogP contribution in [0.3, 0.4) is 0 Å². The summed E-state index contributed by atoms with van der Waals surface area (Å²) in [6.45, 7) is -0.0720. The molecule has 0 saturated carbocycles. The number of anilines is 1. The third kappa shape index (κ3) is 8.09. The minimum atomic E-state index is -4.43. The lowest BCUT2D eigenvalue weighted by atomic mass is 10.1. The number of alkyl halides is 3. The maximum atomic E-state index is 12.9. The zero-order valence-corrected chi connectivity index (χ0v) is 20.4. The van der Waals surface area contributed by atoms with Gasteiger partial charge in [0, 0.05) is 25.8 Å². The van der Waals surface area contributed by atoms with Crippen LogP contribution in [0.25, 0.3) is 0 Å². The van der Waals surface area contributed by atoms with Gasteiger partial charge in [0.2, 0.25) is 5.91 Å². The first-order valence-electron chi connectivity index (χ1n) is 9.27. The Kier molecular flexibility index (Phi) is 10.6. The van der Waals surface area contributed by atoms with Crippen molar-refractivity contribution < 1.29 is 27.4 Å². The van der Waals surface area contributed by atoms with E-state index in [9.17, 15) is 18.0 Å². The van der Waals surface area contributed by atoms with Gasteiger partial charge in [0.25, 0.3) is 0 Å². The second-order valence-corrected chi connectivity index (χ2v) is 6.70. The van der Waals surface area contributed by atoms with Gasteiger partial charge in [-0.3, -0.25) is 4.79 Å². The van der Waals surface area contributed by atoms with Gasteiger partial charge in [0.1, 0.15) is 0 Å². The number of hydrogen-bond donors (Lipinski definition) is 2. The van der Waals surface area contributed by atoms with Gasteiger partial charge in [-0.25, -0.2) is 4.99 Å². The predicted octanol–water partition coefficient (Wildman–Crippen LogP) is 3.99. The Bertz CT molecular complexity index is 937. The highest BCUT2D eigenvalue weighted by atomic mass is 127. The monoisotopic (exact) mass is 566 g/mol. The summed E-state index contributed by atoms with van der Waals surface area (Å²) in [6, 6.07) is 10.0. The quantitative estimate of drug-likeness (QED) is 0.302. The van der Waals surface area contributed by atoms with E-state index in [1.807, 2.05) is 0 Å². The van der Waals surface area contributed by atoms with Crippen molar-refractivity contribution in [3.63, 3.8) is 0 Å². The number of likely N-dealkylation sites (N-methyl/N-ethyl adjacent to an activating group) is 1. The number of amides is 1. The molecule has 0 spiro atoms. The fourth-order valence-electron chi connectivity index (χ4n) is 2.52. The van der Waals surface area contributed by atoms with E-state index in [2.05, 4.69) is 15.6 Å². The molecule has 0 heterocycles. The average molecular weight is 566 g/mol. The zero-order chi connectivity index (χ0) is 23.0. The molecule has 2 N–H and O–H groups in total. The number of nitrogens with zero attached hydrogens (tertiary/aromatic N) is 2. The zero-order valence-electron chi connectivity index (χ0n) is 18.1. The Hall–Kier alpha value is -2.70. The highest BCUT2D eigenvalue weighted by Gasteiger charge is 2.30. The highest BCUT2D eigenvalue weighted by Crippen LogP contribution is 2.30. The van der Waals surface area contributed by atoms with Gasteiger partial charge in [0.05, 0.1) is 32.9 Å². The molecule has 176 valence electrons. The van der Waals surface area contributed by atoms with Crippen LogP contribution in [0, 0.1) is 0 Å². The lowest BCUT2D eigenvalue weighted by molar-refractivity contribution is -0.137. The number of ether oxygens (including phenoxy) is 2. The molecule has 0 bridgehead atoms. The van der Waals surface area contributed by atoms with Crippen LogP contribution in [0.5, 0.6) is 11.5 Å². The van der Waals surface area contributed by atoms with Crippen molar-refractivity contribution in [2.24, 2.45) is 4.99 Å². The molecule has 0 unspecified atom stereocenters. The second kappa shape index (κ2) is 12.4. The van der Waals surface area contributed by atoms with Crippen LogP contribution in [0.15, 0.2) is 47.5 Å². The molecular weight excluding hydrogens is 540 g/mol. The lowest BCUT2D eigenvalue weighted by Gasteiger charge is -2.16. The number of aliphatic imine (C=N–C) groups is 1. The van der Waals surface area contributed by atoms with Gasteiger partial charge in [-0.15, -0.1) is 24.0 Å². The molecule has 11 heteroatoms. The molecule has 2 aromatic rings. The highest BCUT2D eigenvalue weighted by molar-refractivity contribution is 14.0. The number of methoxy groups -OCH3 is 2. The van der Waals surface area contributed by atoms with E-state index in [0.717, 1.165) is 12.1 Å². The largest absolute Gasteiger partial charge is 0.493 e. The van der Waals surface area contributed by atoms with E-state index in [4.69, 9.17) is 9.47 Å². The first-order valence-corrected chi connectivity index (χ1v) is 9.27. The fraction of sp³-hybridized carbons (Fsp3) is 0.333. The molecule has 0 aliphatic rings. The molecule has 32 heavy (non-hydrogen) atoms. The van der Waals surface area contributed by atoms with Gasteiger partial charge in [-0.05, 0) is 29.8 Å². The molecule has 2 rings (SSSR count). The number of rotatable bonds is 7. The molecule has 2 aromatic carbocycles. The van der Waals surface area contributed by atoms with E-state index in [-0.39, 0.29) is 48.9 Å². The van der Waals surface area contributed by atoms with Crippen molar-refractivity contribution in [3.05, 3.63) is 53.6 Å². The summed E-state index contributed by atoms with van der Waals surface area (Å²) in [4.78, 5) is 17.7. The predicted molar refractivity (Wildman–Crippen MR) is 128 cm³/mol. The summed E-state index contributed by atoms with van der Waals surface area (Å²) in [7, 11) is 6.25. The smallest absolute Gasteiger partial charge is 0.416 e. The Labute approximate surface area is 202 Å². The minimum absolute atomic E-state index is 0. The standard InChI is InChI=1S/C21H25F3N4O3.HI/c1-28(2)19(29)13-26-20(27-16-8-9-17(30-3)18(11-16)31-4)25-12-14-6-5-7-15(10-14)21(22,23)24;/h5-11H,12-13H2,1-4H3,(H2,25,26,27);1H. The van der Waals surface area contributed by atoms with Crippen molar-refractivity contribution in [3.8, 4) is 11.5 Å². The molecule has 0 radical (unpaired) electrons. The first-order chi connectivity index (χ1) is 14.6. The summed E-state index contributed by atoms with van der Waals surface area (Å²) in [5.41, 5.74) is 0.220. The average Bonchev–Trinajstić information content (AvgIpc) is 2.74. The number of nitrogens with one attached hydrogen (secondary N) is 2. The van der Waals surface area contributed by atoms with Crippen LogP contribution in [0.1, 0.15) is 11.1 Å². The van der Waals surface area contributed by atoms with E-state index in [1.165, 1.54) is 25.2 Å². The molecule has 7 nitrogen and oxygen atoms in total. The Morgan fingerprint density at radius 2 is 1.75 bits per heavy atom. The first kappa shape index (κ1) is 27.3. The number of guanidine groups is 1. The van der Waals surface area contributed by atoms with Crippen LogP contribution in [-0.4, -0.2) is 51.6 Å². The summed E-state index contributed by atoms with van der Waals surface area (Å²) in [5.74, 6) is 1.04. The van der Waals surface area contributed by atoms with Crippen LogP contribution in [0.4, 0.5) is 18.9 Å². The molecule has 0 atom stereocenters. The maximum Gasteiger partial charge on any atom is 0.416 e. The molecule has 0 aliphatic carbocycles. The van der Waals surface area contributed by atoms with E-state index in [0.29, 0.717) is 22.7 Å². The summed E-state index contributed by atoms with van der Waals surface area (Å²) in [6.07, 6.45) is -4.43. The van der Waals surface area contributed by atoms with Crippen molar-refractivity contribution >= 4 is 41.5 Å². The van der Waals surface area contributed by atoms with Crippen molar-refractivity contribution in [2.75, 3.05) is 40.2 Å². The van der Waals surface area contributed by atoms with Gasteiger partial charge >= 0.3 is 6.18 Å². The summed E-state index contributed by atoms with van der Waals surface area (Å²) >= 11 is 0. The van der Waals surface area contributed by atoms with Crippen LogP contribution >= 0.6 is 24.0 Å². The molecular formula is C21H26F3IN4O3. The SMILES string of the molecule is COc1ccc(NC(=NCc2cccc(C(F)(F)F)c2)NCC(=O)N(C)C)cc1OC.I. The van der Waals surface area contributed by atoms with Crippen LogP contribution < -0.4 is 20.1 Å². The van der Waals surface area contributed by atoms with Crippen LogP contribution in [0.2, 0.25) is 0 Å². The van der Waals surface area contributed by atoms with Gasteiger partial charge in [-0.1, -0.05) is 12.1 Å². The number of carbonyl (C=O) groups excluding carboxylic acids is 1. The fourth-order valence-corrected chi connectivity index (χ4v) is 2.52. The van der Waals surface area contributed by atoms with E-state index < -0.39 is 11.7 Å². The number of hydrogen-bond acceptors (Lipinski definition) is 4. The Morgan fingerprint density at radius 1 is 1.06 bits per heavy atom. The third-order valence-corrected chi connectivity index (χ3v) is 4.23. The second-order valence-electron chi connectivity index (χ2n) is 6.70. The van der Waals surface area contributed by atoms with Gasteiger partial charge < -0.3 is 25.0 Å². The van der Waals surface area contributed by atoms with Crippen molar-refractivity contribution in [2.45, 2.75) is 12.7 Å². The van der Waals surface area contributed by atoms with Gasteiger partial charge in [-0.2, -0.15) is 13.2 Å². The molecule has 0 saturated heterocycles. The molecule has 0 aliphatic heterocycles. The number of halogens is 4. The summed E-state index contributed by atoms with van der Waals surface area (Å²) in [5, 5.41) is 5.91. The van der Waals surface area contributed by atoms with Crippen LogP contribution in [-0.2, 0) is 17.5 Å². The van der Waals surface area contributed by atoms with Crippen molar-refractivity contribution in [1.82, 2.24) is 10.2 Å². The topological polar surface area (TPSA) is 75.2 Å². The normalized spacial score (nSPS) is 11.3. The minimum Gasteiger partial charge on any atom is -0.493 e. The Balaban J connectivity index is 0.00000512. The lowest BCUT2D eigenvalue weighted by Crippen LogP contribution is -2.39. The Morgan fingerprint density at radius 3 is 2.34 bits per heavy atom.